The number of aliphatic hydroxyl groups is 1. The molecule has 2 N–H and O–H groups in total. The first-order valence-electron chi connectivity index (χ1n) is 37.8. The normalized spacial score (nSPS) is 12.2. The summed E-state index contributed by atoms with van der Waals surface area (Å²) in [5.41, 5.74) is 0. The summed E-state index contributed by atoms with van der Waals surface area (Å²) in [5, 5.41) is 17.2. The van der Waals surface area contributed by atoms with Gasteiger partial charge in [-0.3, -0.25) is 14.4 Å². The fourth-order valence-corrected chi connectivity index (χ4v) is 8.86. The average molecular weight is 1450 g/mol. The molecular formula is C73H140O27. The summed E-state index contributed by atoms with van der Waals surface area (Å²) in [6, 6.07) is 0. The highest BCUT2D eigenvalue weighted by Gasteiger charge is 2.26. The van der Waals surface area contributed by atoms with Crippen molar-refractivity contribution in [3.05, 3.63) is 12.3 Å². The summed E-state index contributed by atoms with van der Waals surface area (Å²) in [6.07, 6.45) is 16.8. The predicted molar refractivity (Wildman–Crippen MR) is 377 cm³/mol. The van der Waals surface area contributed by atoms with E-state index in [0.29, 0.717) is 264 Å². The van der Waals surface area contributed by atoms with Crippen molar-refractivity contribution in [2.45, 2.75) is 162 Å². The topological polar surface area (TPSA) is 295 Å². The lowest BCUT2D eigenvalue weighted by atomic mass is 9.92. The molecule has 0 fully saturated rings. The maximum absolute atomic E-state index is 12.5. The van der Waals surface area contributed by atoms with Crippen molar-refractivity contribution in [3.8, 4) is 0 Å². The van der Waals surface area contributed by atoms with Gasteiger partial charge in [0.05, 0.1) is 18.4 Å². The zero-order valence-corrected chi connectivity index (χ0v) is 62.2. The molecule has 0 spiro atoms. The Bertz CT molecular complexity index is 1660. The summed E-state index contributed by atoms with van der Waals surface area (Å²) in [6.45, 7) is 32.2. The van der Waals surface area contributed by atoms with Crippen LogP contribution in [-0.2, 0) is 119 Å². The van der Waals surface area contributed by atoms with E-state index in [1.165, 1.54) is 0 Å². The lowest BCUT2D eigenvalue weighted by molar-refractivity contribution is -0.206. The molecule has 0 aromatic carbocycles. The summed E-state index contributed by atoms with van der Waals surface area (Å²) in [5.74, 6) is -2.63. The van der Waals surface area contributed by atoms with Gasteiger partial charge in [0.2, 0.25) is 0 Å². The maximum Gasteiger partial charge on any atom is 0.313 e. The Morgan fingerprint density at radius 1 is 0.300 bits per heavy atom. The number of ether oxygens (including phenoxy) is 21. The van der Waals surface area contributed by atoms with Gasteiger partial charge in [0.25, 0.3) is 0 Å². The highest BCUT2D eigenvalue weighted by Crippen LogP contribution is 2.18. The van der Waals surface area contributed by atoms with Gasteiger partial charge in [-0.1, -0.05) is 20.4 Å². The third kappa shape index (κ3) is 79.4. The van der Waals surface area contributed by atoms with Crippen LogP contribution < -0.4 is 0 Å². The molecule has 0 heterocycles. The van der Waals surface area contributed by atoms with E-state index in [0.717, 1.165) is 116 Å². The molecule has 100 heavy (non-hydrogen) atoms. The monoisotopic (exact) mass is 1450 g/mol. The van der Waals surface area contributed by atoms with Crippen LogP contribution in [0.25, 0.3) is 0 Å². The van der Waals surface area contributed by atoms with Crippen LogP contribution in [0, 0.1) is 11.8 Å². The third-order valence-corrected chi connectivity index (χ3v) is 14.3. The molecule has 0 bridgehead atoms. The average Bonchev–Trinajstić information content (AvgIpc) is 0.975. The summed E-state index contributed by atoms with van der Waals surface area (Å²) >= 11 is 0. The van der Waals surface area contributed by atoms with E-state index in [9.17, 15) is 14.4 Å². The van der Waals surface area contributed by atoms with Crippen LogP contribution in [0.1, 0.15) is 162 Å². The molecule has 0 aromatic heterocycles. The molecule has 0 aliphatic rings. The Morgan fingerprint density at radius 3 is 0.670 bits per heavy atom. The Morgan fingerprint density at radius 2 is 0.490 bits per heavy atom. The number of rotatable bonds is 89. The summed E-state index contributed by atoms with van der Waals surface area (Å²) in [4.78, 5) is 40.6. The zero-order valence-electron chi connectivity index (χ0n) is 62.2. The standard InChI is InChI=1S/C73H140O27/c1-4-71(75)70(67-99-72(76)66-69(3)100-78)65-68(2)73(77)98-64-24-63-97-62-23-61-96-60-22-59-95-58-21-57-94-56-20-55-93-54-19-53-92-52-18-51-91-50-17-49-90-48-16-47-89-46-15-45-88-44-14-43-87-42-13-41-86-40-12-39-85-38-11-37-84-36-10-35-83-34-9-33-82-32-8-31-81-30-7-29-80-28-6-27-79-26-5-25-74/h68,70,74,78H,3-67H2,1-2H3. The van der Waals surface area contributed by atoms with Crippen molar-refractivity contribution >= 4 is 17.7 Å². The van der Waals surface area contributed by atoms with Crippen LogP contribution in [0.3, 0.4) is 0 Å². The van der Waals surface area contributed by atoms with Gasteiger partial charge in [-0.05, 0) is 128 Å². The van der Waals surface area contributed by atoms with Gasteiger partial charge in [-0.2, -0.15) is 0 Å². The van der Waals surface area contributed by atoms with E-state index >= 15 is 0 Å². The molecular weight excluding hydrogens is 1310 g/mol. The number of hydrogen-bond donors (Lipinski definition) is 2. The van der Waals surface area contributed by atoms with Gasteiger partial charge in [-0.25, -0.2) is 5.26 Å². The molecule has 0 radical (unpaired) electrons. The Hall–Kier alpha value is -2.69. The van der Waals surface area contributed by atoms with Crippen molar-refractivity contribution in [2.75, 3.05) is 271 Å². The van der Waals surface area contributed by atoms with Crippen molar-refractivity contribution in [1.82, 2.24) is 0 Å². The summed E-state index contributed by atoms with van der Waals surface area (Å²) in [7, 11) is 0. The smallest absolute Gasteiger partial charge is 0.313 e. The molecule has 27 nitrogen and oxygen atoms in total. The van der Waals surface area contributed by atoms with Crippen molar-refractivity contribution in [3.63, 3.8) is 0 Å². The number of carbonyl (C=O) groups is 3. The SMILES string of the molecule is C=C(CC(=O)OCC(CC(C)C(=O)OCCCOCCCOCCCOCCCOCCCOCCCOCCCOCCCOCCCOCCCOCCCOCCCOCCCOCCCOCCCOCCCOCCCOCCCOCCCOCCCO)C(=O)CC)OO. The van der Waals surface area contributed by atoms with Crippen LogP contribution in [0.15, 0.2) is 12.3 Å². The van der Waals surface area contributed by atoms with Crippen LogP contribution in [0.4, 0.5) is 0 Å². The van der Waals surface area contributed by atoms with E-state index < -0.39 is 23.8 Å². The molecule has 2 atom stereocenters. The van der Waals surface area contributed by atoms with Crippen LogP contribution in [0.2, 0.25) is 0 Å². The minimum Gasteiger partial charge on any atom is -0.465 e. The molecule has 0 aliphatic heterocycles. The fraction of sp³-hybridized carbons (Fsp3) is 0.932. The zero-order chi connectivity index (χ0) is 72.3. The highest BCUT2D eigenvalue weighted by atomic mass is 17.1. The largest absolute Gasteiger partial charge is 0.465 e. The minimum absolute atomic E-state index is 0.127. The van der Waals surface area contributed by atoms with Crippen LogP contribution in [-0.4, -0.2) is 299 Å². The van der Waals surface area contributed by atoms with E-state index in [1.807, 2.05) is 0 Å². The second-order valence-corrected chi connectivity index (χ2v) is 23.7. The Balaban J connectivity index is 3.21. The van der Waals surface area contributed by atoms with Gasteiger partial charge < -0.3 is 109 Å². The van der Waals surface area contributed by atoms with Crippen LogP contribution >= 0.6 is 0 Å². The molecule has 0 aromatic rings. The third-order valence-electron chi connectivity index (χ3n) is 14.3. The van der Waals surface area contributed by atoms with Crippen molar-refractivity contribution in [2.24, 2.45) is 11.8 Å². The number of hydrogen-bond acceptors (Lipinski definition) is 27. The second kappa shape index (κ2) is 85.2. The van der Waals surface area contributed by atoms with Crippen LogP contribution in [0.5, 0.6) is 0 Å². The first-order valence-corrected chi connectivity index (χ1v) is 37.8. The minimum atomic E-state index is -0.695. The molecule has 594 valence electrons. The van der Waals surface area contributed by atoms with E-state index in [-0.39, 0.29) is 50.6 Å². The molecule has 0 saturated carbocycles. The van der Waals surface area contributed by atoms with E-state index in [4.69, 9.17) is 110 Å². The first-order chi connectivity index (χ1) is 49.3. The molecule has 0 amide bonds. The second-order valence-electron chi connectivity index (χ2n) is 23.7. The number of ketones is 1. The van der Waals surface area contributed by atoms with Gasteiger partial charge in [0.15, 0.2) is 0 Å². The first kappa shape index (κ1) is 97.3. The summed E-state index contributed by atoms with van der Waals surface area (Å²) < 4.78 is 118. The molecule has 0 saturated heterocycles. The van der Waals surface area contributed by atoms with Crippen molar-refractivity contribution in [1.29, 1.82) is 0 Å². The Labute approximate surface area is 601 Å². The number of esters is 2. The fourth-order valence-electron chi connectivity index (χ4n) is 8.86. The predicted octanol–water partition coefficient (Wildman–Crippen LogP) is 9.20. The van der Waals surface area contributed by atoms with E-state index in [1.54, 1.807) is 13.8 Å². The number of aliphatic hydroxyl groups excluding tert-OH is 1. The number of Topliss-reactive ketones (excluding diaryl/α,β-unsaturated/α-hetero) is 1. The Kier molecular flexibility index (Phi) is 82.9. The molecule has 0 rings (SSSR count). The van der Waals surface area contributed by atoms with Gasteiger partial charge in [0.1, 0.15) is 24.6 Å². The quantitative estimate of drug-likeness (QED) is 0.0188. The van der Waals surface area contributed by atoms with Gasteiger partial charge in [0, 0.05) is 271 Å². The number of carbonyl (C=O) groups excluding carboxylic acids is 3. The lowest BCUT2D eigenvalue weighted by Crippen LogP contribution is -2.27. The van der Waals surface area contributed by atoms with Crippen molar-refractivity contribution < 1.29 is 129 Å². The molecule has 27 heteroatoms. The molecule has 2 unspecified atom stereocenters. The van der Waals surface area contributed by atoms with Gasteiger partial charge in [-0.15, -0.1) is 0 Å². The lowest BCUT2D eigenvalue weighted by Gasteiger charge is -2.19. The van der Waals surface area contributed by atoms with Gasteiger partial charge >= 0.3 is 11.9 Å². The maximum atomic E-state index is 12.5. The molecule has 0 aliphatic carbocycles. The van der Waals surface area contributed by atoms with E-state index in [2.05, 4.69) is 11.5 Å². The highest BCUT2D eigenvalue weighted by molar-refractivity contribution is 5.82.